The highest BCUT2D eigenvalue weighted by Gasteiger charge is 2.22. The smallest absolute Gasteiger partial charge is 0.128 e. The minimum Gasteiger partial charge on any atom is -0.497 e. The third kappa shape index (κ3) is 5.11. The van der Waals surface area contributed by atoms with E-state index in [1.165, 1.54) is 49.4 Å². The Hall–Kier alpha value is -2.59. The van der Waals surface area contributed by atoms with Crippen molar-refractivity contribution in [3.05, 3.63) is 89.5 Å². The zero-order valence-corrected chi connectivity index (χ0v) is 17.8. The molecule has 0 atom stereocenters. The number of aromatic nitrogens is 1. The molecule has 3 nitrogen and oxygen atoms in total. The highest BCUT2D eigenvalue weighted by molar-refractivity contribution is 5.28. The predicted octanol–water partition coefficient (Wildman–Crippen LogP) is 6.02. The zero-order chi connectivity index (χ0) is 20.8. The van der Waals surface area contributed by atoms with Gasteiger partial charge in [0.05, 0.1) is 13.7 Å². The summed E-state index contributed by atoms with van der Waals surface area (Å²) in [6.45, 7) is 2.32. The van der Waals surface area contributed by atoms with Crippen LogP contribution in [0.25, 0.3) is 0 Å². The van der Waals surface area contributed by atoms with Gasteiger partial charge in [0.1, 0.15) is 11.6 Å². The van der Waals surface area contributed by atoms with E-state index in [1.807, 2.05) is 18.2 Å². The fourth-order valence-electron chi connectivity index (χ4n) is 4.53. The van der Waals surface area contributed by atoms with Gasteiger partial charge in [-0.15, -0.1) is 0 Å². The van der Waals surface area contributed by atoms with Crippen molar-refractivity contribution < 1.29 is 9.13 Å². The van der Waals surface area contributed by atoms with E-state index >= 15 is 0 Å². The Bertz CT molecular complexity index is 945. The zero-order valence-electron chi connectivity index (χ0n) is 17.8. The maximum atomic E-state index is 14.2. The standard InChI is InChI=1S/C26H31FN2O/c1-30-25-14-7-9-21(17-25)18-29(23-11-3-2-4-12-23)20-24-13-8-16-28(24)19-22-10-5-6-15-26(22)27/h5-10,13-17,23H,2-4,11-12,18-20H2,1H3. The molecule has 1 aliphatic carbocycles. The van der Waals surface area contributed by atoms with Crippen molar-refractivity contribution in [3.8, 4) is 5.75 Å². The van der Waals surface area contributed by atoms with E-state index in [2.05, 4.69) is 46.0 Å². The molecular formula is C26H31FN2O. The number of hydrogen-bond acceptors (Lipinski definition) is 2. The van der Waals surface area contributed by atoms with Gasteiger partial charge in [0.25, 0.3) is 0 Å². The SMILES string of the molecule is COc1cccc(CN(Cc2cccn2Cc2ccccc2F)C2CCCCC2)c1. The Morgan fingerprint density at radius 1 is 0.967 bits per heavy atom. The average molecular weight is 407 g/mol. The Labute approximate surface area is 179 Å². The van der Waals surface area contributed by atoms with E-state index in [-0.39, 0.29) is 5.82 Å². The van der Waals surface area contributed by atoms with Crippen LogP contribution in [0.4, 0.5) is 4.39 Å². The molecule has 2 aromatic carbocycles. The van der Waals surface area contributed by atoms with Crippen LogP contribution in [0.1, 0.15) is 48.9 Å². The molecule has 0 spiro atoms. The molecule has 0 radical (unpaired) electrons. The number of rotatable bonds is 8. The van der Waals surface area contributed by atoms with Crippen LogP contribution >= 0.6 is 0 Å². The van der Waals surface area contributed by atoms with Gasteiger partial charge in [0, 0.05) is 36.6 Å². The molecule has 0 amide bonds. The van der Waals surface area contributed by atoms with Crippen molar-refractivity contribution in [2.24, 2.45) is 0 Å². The lowest BCUT2D eigenvalue weighted by Crippen LogP contribution is -2.36. The number of hydrogen-bond donors (Lipinski definition) is 0. The van der Waals surface area contributed by atoms with Crippen LogP contribution in [-0.2, 0) is 19.6 Å². The van der Waals surface area contributed by atoms with Crippen molar-refractivity contribution in [3.63, 3.8) is 0 Å². The summed E-state index contributed by atoms with van der Waals surface area (Å²) < 4.78 is 21.8. The Kier molecular flexibility index (Phi) is 6.85. The Balaban J connectivity index is 1.54. The molecule has 0 aliphatic heterocycles. The summed E-state index contributed by atoms with van der Waals surface area (Å²) in [5.74, 6) is 0.761. The van der Waals surface area contributed by atoms with E-state index in [1.54, 1.807) is 13.2 Å². The summed E-state index contributed by atoms with van der Waals surface area (Å²) >= 11 is 0. The van der Waals surface area contributed by atoms with Crippen molar-refractivity contribution in [2.45, 2.75) is 57.8 Å². The molecule has 1 aromatic heterocycles. The summed E-state index contributed by atoms with van der Waals surface area (Å²) in [7, 11) is 1.72. The van der Waals surface area contributed by atoms with E-state index < -0.39 is 0 Å². The van der Waals surface area contributed by atoms with Crippen LogP contribution in [0.5, 0.6) is 5.75 Å². The second-order valence-electron chi connectivity index (χ2n) is 8.27. The van der Waals surface area contributed by atoms with Gasteiger partial charge in [-0.2, -0.15) is 0 Å². The van der Waals surface area contributed by atoms with Crippen molar-refractivity contribution >= 4 is 0 Å². The Morgan fingerprint density at radius 2 is 1.80 bits per heavy atom. The average Bonchev–Trinajstić information content (AvgIpc) is 3.22. The molecule has 1 heterocycles. The second-order valence-corrected chi connectivity index (χ2v) is 8.27. The second kappa shape index (κ2) is 9.94. The maximum absolute atomic E-state index is 14.2. The molecule has 0 bridgehead atoms. The molecule has 4 heteroatoms. The van der Waals surface area contributed by atoms with Gasteiger partial charge in [0.2, 0.25) is 0 Å². The highest BCUT2D eigenvalue weighted by Crippen LogP contribution is 2.27. The van der Waals surface area contributed by atoms with E-state index in [4.69, 9.17) is 4.74 Å². The molecule has 0 saturated heterocycles. The monoisotopic (exact) mass is 406 g/mol. The van der Waals surface area contributed by atoms with Crippen LogP contribution < -0.4 is 4.74 Å². The summed E-state index contributed by atoms with van der Waals surface area (Å²) in [5.41, 5.74) is 3.23. The Morgan fingerprint density at radius 3 is 2.60 bits per heavy atom. The van der Waals surface area contributed by atoms with Crippen LogP contribution in [-0.4, -0.2) is 22.6 Å². The van der Waals surface area contributed by atoms with Crippen LogP contribution in [0.15, 0.2) is 66.9 Å². The lowest BCUT2D eigenvalue weighted by molar-refractivity contribution is 0.136. The molecule has 3 aromatic rings. The molecule has 4 rings (SSSR count). The van der Waals surface area contributed by atoms with Crippen LogP contribution in [0, 0.1) is 5.82 Å². The number of halogens is 1. The van der Waals surface area contributed by atoms with Crippen LogP contribution in [0.2, 0.25) is 0 Å². The topological polar surface area (TPSA) is 17.4 Å². The van der Waals surface area contributed by atoms with E-state index in [0.29, 0.717) is 12.6 Å². The van der Waals surface area contributed by atoms with E-state index in [0.717, 1.165) is 24.4 Å². The lowest BCUT2D eigenvalue weighted by Gasteiger charge is -2.34. The molecule has 1 aliphatic rings. The number of nitrogens with zero attached hydrogens (tertiary/aromatic N) is 2. The number of ether oxygens (including phenoxy) is 1. The summed E-state index contributed by atoms with van der Waals surface area (Å²) in [5, 5.41) is 0. The first-order valence-electron chi connectivity index (χ1n) is 11.0. The van der Waals surface area contributed by atoms with Gasteiger partial charge in [-0.1, -0.05) is 49.6 Å². The van der Waals surface area contributed by atoms with Gasteiger partial charge >= 0.3 is 0 Å². The van der Waals surface area contributed by atoms with Gasteiger partial charge in [-0.05, 0) is 48.7 Å². The molecular weight excluding hydrogens is 375 g/mol. The first kappa shape index (κ1) is 20.7. The summed E-state index contributed by atoms with van der Waals surface area (Å²) in [6, 6.07) is 20.2. The van der Waals surface area contributed by atoms with Gasteiger partial charge in [-0.3, -0.25) is 4.90 Å². The minimum absolute atomic E-state index is 0.141. The maximum Gasteiger partial charge on any atom is 0.128 e. The highest BCUT2D eigenvalue weighted by atomic mass is 19.1. The van der Waals surface area contributed by atoms with Crippen molar-refractivity contribution in [2.75, 3.05) is 7.11 Å². The number of methoxy groups -OCH3 is 1. The molecule has 0 unspecified atom stereocenters. The summed E-state index contributed by atoms with van der Waals surface area (Å²) in [6.07, 6.45) is 8.50. The van der Waals surface area contributed by atoms with Crippen molar-refractivity contribution in [1.29, 1.82) is 0 Å². The normalized spacial score (nSPS) is 14.9. The third-order valence-corrected chi connectivity index (χ3v) is 6.20. The molecule has 30 heavy (non-hydrogen) atoms. The first-order valence-corrected chi connectivity index (χ1v) is 11.0. The van der Waals surface area contributed by atoms with Gasteiger partial charge < -0.3 is 9.30 Å². The van der Waals surface area contributed by atoms with Crippen LogP contribution in [0.3, 0.4) is 0 Å². The van der Waals surface area contributed by atoms with Gasteiger partial charge in [0.15, 0.2) is 0 Å². The van der Waals surface area contributed by atoms with E-state index in [9.17, 15) is 4.39 Å². The first-order chi connectivity index (χ1) is 14.7. The molecule has 158 valence electrons. The predicted molar refractivity (Wildman–Crippen MR) is 119 cm³/mol. The fraction of sp³-hybridized carbons (Fsp3) is 0.385. The lowest BCUT2D eigenvalue weighted by atomic mass is 9.93. The largest absolute Gasteiger partial charge is 0.497 e. The molecule has 0 N–H and O–H groups in total. The number of benzene rings is 2. The third-order valence-electron chi connectivity index (χ3n) is 6.20. The minimum atomic E-state index is -0.141. The quantitative estimate of drug-likeness (QED) is 0.455. The summed E-state index contributed by atoms with van der Waals surface area (Å²) in [4.78, 5) is 2.60. The van der Waals surface area contributed by atoms with Crippen molar-refractivity contribution in [1.82, 2.24) is 9.47 Å². The van der Waals surface area contributed by atoms with Gasteiger partial charge in [-0.25, -0.2) is 4.39 Å². The fourth-order valence-corrected chi connectivity index (χ4v) is 4.53. The molecule has 1 saturated carbocycles. The molecule has 1 fully saturated rings.